The Morgan fingerprint density at radius 2 is 2.00 bits per heavy atom. The Morgan fingerprint density at radius 1 is 1.32 bits per heavy atom. The van der Waals surface area contributed by atoms with Gasteiger partial charge in [-0.05, 0) is 31.5 Å². The van der Waals surface area contributed by atoms with Crippen molar-refractivity contribution in [1.29, 1.82) is 0 Å². The van der Waals surface area contributed by atoms with Gasteiger partial charge in [-0.1, -0.05) is 28.1 Å². The number of nitrogens with one attached hydrogen (secondary N) is 1. The van der Waals surface area contributed by atoms with E-state index >= 15 is 0 Å². The van der Waals surface area contributed by atoms with Crippen molar-refractivity contribution in [2.24, 2.45) is 0 Å². The number of carbonyl (C=O) groups is 1. The summed E-state index contributed by atoms with van der Waals surface area (Å²) in [7, 11) is 0. The summed E-state index contributed by atoms with van der Waals surface area (Å²) in [6.45, 7) is 4.12. The number of carbonyl (C=O) groups excluding carboxylic acids is 1. The van der Waals surface area contributed by atoms with Crippen LogP contribution in [0.4, 0.5) is 0 Å². The highest BCUT2D eigenvalue weighted by Gasteiger charge is 2.07. The van der Waals surface area contributed by atoms with Crippen LogP contribution in [0.25, 0.3) is 11.1 Å². The van der Waals surface area contributed by atoms with E-state index in [2.05, 4.69) is 26.3 Å². The summed E-state index contributed by atoms with van der Waals surface area (Å²) in [5.74, 6) is -0.0274. The summed E-state index contributed by atoms with van der Waals surface area (Å²) in [5.41, 5.74) is 2.09. The van der Waals surface area contributed by atoms with Gasteiger partial charge in [0.2, 0.25) is 5.91 Å². The lowest BCUT2D eigenvalue weighted by Gasteiger charge is -2.07. The monoisotopic (exact) mass is 321 g/mol. The summed E-state index contributed by atoms with van der Waals surface area (Å²) in [6, 6.07) is 8.14. The van der Waals surface area contributed by atoms with Gasteiger partial charge in [-0.25, -0.2) is 0 Å². The van der Waals surface area contributed by atoms with E-state index in [4.69, 9.17) is 0 Å². The van der Waals surface area contributed by atoms with Gasteiger partial charge in [0.25, 0.3) is 0 Å². The highest BCUT2D eigenvalue weighted by atomic mass is 79.9. The summed E-state index contributed by atoms with van der Waals surface area (Å²) in [4.78, 5) is 11.6. The molecule has 0 aliphatic carbocycles. The third-order valence-corrected chi connectivity index (χ3v) is 3.09. The van der Waals surface area contributed by atoms with Crippen molar-refractivity contribution in [3.05, 3.63) is 41.1 Å². The molecule has 1 aromatic heterocycles. The number of hydrogen-bond donors (Lipinski definition) is 1. The zero-order valence-corrected chi connectivity index (χ0v) is 12.5. The minimum atomic E-state index is -0.0274. The smallest absolute Gasteiger partial charge is 0.241 e. The van der Waals surface area contributed by atoms with E-state index in [0.29, 0.717) is 0 Å². The van der Waals surface area contributed by atoms with Crippen molar-refractivity contribution in [3.8, 4) is 11.1 Å². The number of amides is 1. The summed E-state index contributed by atoms with van der Waals surface area (Å²) >= 11 is 3.41. The molecule has 1 heterocycles. The summed E-state index contributed by atoms with van der Waals surface area (Å²) in [5, 5.41) is 7.05. The number of nitrogens with zero attached hydrogens (tertiary/aromatic N) is 2. The Bertz CT molecular complexity index is 560. The molecule has 1 aromatic carbocycles. The second-order valence-corrected chi connectivity index (χ2v) is 5.57. The fourth-order valence-corrected chi connectivity index (χ4v) is 2.02. The summed E-state index contributed by atoms with van der Waals surface area (Å²) < 4.78 is 2.69. The maximum atomic E-state index is 11.6. The fourth-order valence-electron chi connectivity index (χ4n) is 1.76. The molecular formula is C14H16BrN3O. The second kappa shape index (κ2) is 6.02. The molecule has 100 valence electrons. The average Bonchev–Trinajstić information content (AvgIpc) is 2.77. The lowest BCUT2D eigenvalue weighted by Crippen LogP contribution is -2.33. The Labute approximate surface area is 120 Å². The highest BCUT2D eigenvalue weighted by Crippen LogP contribution is 2.20. The molecule has 19 heavy (non-hydrogen) atoms. The quantitative estimate of drug-likeness (QED) is 0.941. The molecule has 2 aromatic rings. The number of hydrogen-bond acceptors (Lipinski definition) is 2. The predicted octanol–water partition coefficient (Wildman–Crippen LogP) is 2.84. The fraction of sp³-hybridized carbons (Fsp3) is 0.286. The minimum absolute atomic E-state index is 0.0274. The van der Waals surface area contributed by atoms with Crippen molar-refractivity contribution in [3.63, 3.8) is 0 Å². The van der Waals surface area contributed by atoms with Crippen molar-refractivity contribution in [2.75, 3.05) is 0 Å². The lowest BCUT2D eigenvalue weighted by atomic mass is 10.1. The summed E-state index contributed by atoms with van der Waals surface area (Å²) in [6.07, 6.45) is 3.65. The maximum Gasteiger partial charge on any atom is 0.241 e. The van der Waals surface area contributed by atoms with Crippen LogP contribution in [-0.2, 0) is 11.3 Å². The molecule has 0 unspecified atom stereocenters. The molecule has 0 radical (unpaired) electrons. The van der Waals surface area contributed by atoms with E-state index < -0.39 is 0 Å². The molecule has 1 N–H and O–H groups in total. The van der Waals surface area contributed by atoms with Gasteiger partial charge in [-0.15, -0.1) is 0 Å². The van der Waals surface area contributed by atoms with Crippen LogP contribution in [0.15, 0.2) is 41.1 Å². The first-order chi connectivity index (χ1) is 9.04. The van der Waals surface area contributed by atoms with Crippen LogP contribution in [0.3, 0.4) is 0 Å². The Hall–Kier alpha value is -1.62. The van der Waals surface area contributed by atoms with Gasteiger partial charge in [0.05, 0.1) is 6.20 Å². The van der Waals surface area contributed by atoms with Crippen molar-refractivity contribution < 1.29 is 4.79 Å². The van der Waals surface area contributed by atoms with Crippen molar-refractivity contribution in [2.45, 2.75) is 26.4 Å². The topological polar surface area (TPSA) is 46.9 Å². The molecule has 0 atom stereocenters. The molecule has 2 rings (SSSR count). The molecule has 4 nitrogen and oxygen atoms in total. The lowest BCUT2D eigenvalue weighted by molar-refractivity contribution is -0.122. The van der Waals surface area contributed by atoms with Crippen LogP contribution >= 0.6 is 15.9 Å². The number of rotatable bonds is 4. The minimum Gasteiger partial charge on any atom is -0.352 e. The zero-order valence-electron chi connectivity index (χ0n) is 10.9. The van der Waals surface area contributed by atoms with Gasteiger partial charge in [0.1, 0.15) is 6.54 Å². The molecule has 0 saturated heterocycles. The number of benzene rings is 1. The van der Waals surface area contributed by atoms with E-state index in [1.54, 1.807) is 10.9 Å². The van der Waals surface area contributed by atoms with Gasteiger partial charge in [0, 0.05) is 22.3 Å². The van der Waals surface area contributed by atoms with Crippen molar-refractivity contribution in [1.82, 2.24) is 15.1 Å². The van der Waals surface area contributed by atoms with E-state index in [1.807, 2.05) is 44.3 Å². The van der Waals surface area contributed by atoms with Crippen LogP contribution in [0.5, 0.6) is 0 Å². The molecule has 5 heteroatoms. The van der Waals surface area contributed by atoms with E-state index in [0.717, 1.165) is 15.6 Å². The molecule has 0 saturated carbocycles. The largest absolute Gasteiger partial charge is 0.352 e. The standard InChI is InChI=1S/C14H16BrN3O/c1-10(2)17-14(19)9-18-8-12(7-16-18)11-3-5-13(15)6-4-11/h3-8,10H,9H2,1-2H3,(H,17,19). The van der Waals surface area contributed by atoms with Crippen LogP contribution < -0.4 is 5.32 Å². The van der Waals surface area contributed by atoms with Crippen molar-refractivity contribution >= 4 is 21.8 Å². The normalized spacial score (nSPS) is 10.7. The number of halogens is 1. The van der Waals surface area contributed by atoms with Crippen LogP contribution in [-0.4, -0.2) is 21.7 Å². The SMILES string of the molecule is CC(C)NC(=O)Cn1cc(-c2ccc(Br)cc2)cn1. The van der Waals surface area contributed by atoms with E-state index in [-0.39, 0.29) is 18.5 Å². The van der Waals surface area contributed by atoms with Gasteiger partial charge >= 0.3 is 0 Å². The van der Waals surface area contributed by atoms with Crippen LogP contribution in [0, 0.1) is 0 Å². The first-order valence-corrected chi connectivity index (χ1v) is 6.91. The predicted molar refractivity (Wildman–Crippen MR) is 78.6 cm³/mol. The maximum absolute atomic E-state index is 11.6. The molecule has 0 aliphatic heterocycles. The van der Waals surface area contributed by atoms with E-state index in [1.165, 1.54) is 0 Å². The Balaban J connectivity index is 2.07. The van der Waals surface area contributed by atoms with Gasteiger partial charge in [0.15, 0.2) is 0 Å². The first-order valence-electron chi connectivity index (χ1n) is 6.12. The average molecular weight is 322 g/mol. The molecule has 0 fully saturated rings. The molecule has 0 bridgehead atoms. The second-order valence-electron chi connectivity index (χ2n) is 4.66. The van der Waals surface area contributed by atoms with Gasteiger partial charge < -0.3 is 5.32 Å². The third-order valence-electron chi connectivity index (χ3n) is 2.57. The number of aromatic nitrogens is 2. The molecule has 1 amide bonds. The third kappa shape index (κ3) is 3.92. The van der Waals surface area contributed by atoms with Gasteiger partial charge in [-0.2, -0.15) is 5.10 Å². The molecular weight excluding hydrogens is 306 g/mol. The Kier molecular flexibility index (Phi) is 4.37. The van der Waals surface area contributed by atoms with Gasteiger partial charge in [-0.3, -0.25) is 9.48 Å². The Morgan fingerprint density at radius 3 is 2.63 bits per heavy atom. The van der Waals surface area contributed by atoms with Crippen LogP contribution in [0.2, 0.25) is 0 Å². The highest BCUT2D eigenvalue weighted by molar-refractivity contribution is 9.10. The van der Waals surface area contributed by atoms with E-state index in [9.17, 15) is 4.79 Å². The molecule has 0 aliphatic rings. The van der Waals surface area contributed by atoms with Crippen LogP contribution in [0.1, 0.15) is 13.8 Å². The molecule has 0 spiro atoms. The zero-order chi connectivity index (χ0) is 13.8. The first kappa shape index (κ1) is 13.8.